The highest BCUT2D eigenvalue weighted by Crippen LogP contribution is 2.39. The van der Waals surface area contributed by atoms with Crippen molar-refractivity contribution in [2.75, 3.05) is 33.4 Å². The van der Waals surface area contributed by atoms with Crippen LogP contribution in [0.4, 0.5) is 13.2 Å². The van der Waals surface area contributed by atoms with Gasteiger partial charge in [0.05, 0.1) is 32.1 Å². The highest BCUT2D eigenvalue weighted by atomic mass is 19.3. The normalized spacial score (nSPS) is 20.3. The molecule has 1 fully saturated rings. The van der Waals surface area contributed by atoms with Gasteiger partial charge < -0.3 is 29.0 Å². The molecule has 0 spiro atoms. The molecule has 1 atom stereocenters. The molecule has 0 bridgehead atoms. The fourth-order valence-electron chi connectivity index (χ4n) is 4.42. The van der Waals surface area contributed by atoms with Crippen LogP contribution in [0, 0.1) is 5.82 Å². The van der Waals surface area contributed by atoms with Gasteiger partial charge in [0.2, 0.25) is 17.6 Å². The predicted octanol–water partition coefficient (Wildman–Crippen LogP) is 2.36. The Bertz CT molecular complexity index is 1440. The molecule has 200 valence electrons. The molecule has 0 saturated carbocycles. The standard InChI is InChI=1S/C25H23F3N4O6/c1-24(23(35)30-9-16-18(36-2)4-3-7-29-16)13-37-20-15-8-14(26)5-6-17(15)38-21(20)22(34)32(24)10-19(33)31-11-25(27,28)12-31/h3-8H,9-13H2,1-2H3,(H,30,35)/t24-/m1/s1. The van der Waals surface area contributed by atoms with Gasteiger partial charge in [-0.2, -0.15) is 0 Å². The quantitative estimate of drug-likeness (QED) is 0.519. The lowest BCUT2D eigenvalue weighted by Gasteiger charge is -2.42. The summed E-state index contributed by atoms with van der Waals surface area (Å²) in [5, 5.41) is 2.85. The Morgan fingerprint density at radius 3 is 2.71 bits per heavy atom. The van der Waals surface area contributed by atoms with Crippen LogP contribution in [0.25, 0.3) is 11.0 Å². The van der Waals surface area contributed by atoms with Crippen LogP contribution in [0.15, 0.2) is 40.9 Å². The van der Waals surface area contributed by atoms with Gasteiger partial charge in [0.15, 0.2) is 11.3 Å². The lowest BCUT2D eigenvalue weighted by atomic mass is 9.98. The number of nitrogens with one attached hydrogen (secondary N) is 1. The van der Waals surface area contributed by atoms with Crippen LogP contribution in [0.1, 0.15) is 23.2 Å². The molecule has 5 rings (SSSR count). The summed E-state index contributed by atoms with van der Waals surface area (Å²) in [4.78, 5) is 46.1. The molecule has 0 unspecified atom stereocenters. The van der Waals surface area contributed by atoms with Crippen LogP contribution in [0.2, 0.25) is 0 Å². The first kappa shape index (κ1) is 25.4. The number of benzene rings is 1. The molecule has 4 heterocycles. The molecule has 2 aliphatic heterocycles. The van der Waals surface area contributed by atoms with Crippen molar-refractivity contribution in [3.8, 4) is 11.5 Å². The second-order valence-electron chi connectivity index (χ2n) is 9.30. The van der Waals surface area contributed by atoms with Crippen LogP contribution >= 0.6 is 0 Å². The smallest absolute Gasteiger partial charge is 0.295 e. The molecular formula is C25H23F3N4O6. The molecule has 10 nitrogen and oxygen atoms in total. The van der Waals surface area contributed by atoms with E-state index in [4.69, 9.17) is 13.9 Å². The fourth-order valence-corrected chi connectivity index (χ4v) is 4.42. The summed E-state index contributed by atoms with van der Waals surface area (Å²) in [6.45, 7) is -1.41. The Kier molecular flexibility index (Phi) is 6.16. The summed E-state index contributed by atoms with van der Waals surface area (Å²) in [5.74, 6) is -5.99. The lowest BCUT2D eigenvalue weighted by molar-refractivity contribution is -0.167. The molecule has 1 N–H and O–H groups in total. The first-order chi connectivity index (χ1) is 18.0. The maximum Gasteiger partial charge on any atom is 0.295 e. The maximum atomic E-state index is 13.9. The molecular weight excluding hydrogens is 509 g/mol. The number of ether oxygens (including phenoxy) is 2. The van der Waals surface area contributed by atoms with Gasteiger partial charge in [-0.05, 0) is 37.3 Å². The van der Waals surface area contributed by atoms with Gasteiger partial charge >= 0.3 is 0 Å². The van der Waals surface area contributed by atoms with E-state index in [1.54, 1.807) is 12.1 Å². The Hall–Kier alpha value is -4.29. The Morgan fingerprint density at radius 1 is 1.24 bits per heavy atom. The van der Waals surface area contributed by atoms with Gasteiger partial charge in [0.25, 0.3) is 11.8 Å². The van der Waals surface area contributed by atoms with Gasteiger partial charge in [-0.3, -0.25) is 19.4 Å². The number of fused-ring (bicyclic) bond motifs is 3. The number of halogens is 3. The minimum absolute atomic E-state index is 0.0789. The first-order valence-corrected chi connectivity index (χ1v) is 11.6. The van der Waals surface area contributed by atoms with Gasteiger partial charge in [0.1, 0.15) is 36.0 Å². The van der Waals surface area contributed by atoms with Crippen molar-refractivity contribution < 1.29 is 41.4 Å². The number of methoxy groups -OCH3 is 1. The van der Waals surface area contributed by atoms with Crippen LogP contribution in [-0.2, 0) is 16.1 Å². The van der Waals surface area contributed by atoms with Crippen molar-refractivity contribution >= 4 is 28.7 Å². The number of hydrogen-bond donors (Lipinski definition) is 1. The zero-order valence-corrected chi connectivity index (χ0v) is 20.4. The van der Waals surface area contributed by atoms with Gasteiger partial charge in [-0.1, -0.05) is 0 Å². The van der Waals surface area contributed by atoms with Crippen LogP contribution < -0.4 is 14.8 Å². The second kappa shape index (κ2) is 9.23. The molecule has 0 radical (unpaired) electrons. The highest BCUT2D eigenvalue weighted by Gasteiger charge is 2.51. The summed E-state index contributed by atoms with van der Waals surface area (Å²) in [6, 6.07) is 6.90. The molecule has 13 heteroatoms. The van der Waals surface area contributed by atoms with Crippen molar-refractivity contribution in [1.82, 2.24) is 20.1 Å². The number of rotatable bonds is 6. The molecule has 2 aromatic heterocycles. The Labute approximate surface area is 214 Å². The van der Waals surface area contributed by atoms with E-state index in [1.807, 2.05) is 0 Å². The van der Waals surface area contributed by atoms with Crippen molar-refractivity contribution in [2.45, 2.75) is 24.9 Å². The maximum absolute atomic E-state index is 13.9. The number of alkyl halides is 2. The average Bonchev–Trinajstić information content (AvgIpc) is 3.20. The van der Waals surface area contributed by atoms with E-state index in [0.29, 0.717) is 11.4 Å². The van der Waals surface area contributed by atoms with E-state index in [9.17, 15) is 27.6 Å². The number of nitrogens with zero attached hydrogens (tertiary/aromatic N) is 3. The molecule has 3 aromatic rings. The van der Waals surface area contributed by atoms with E-state index >= 15 is 0 Å². The number of amides is 3. The molecule has 2 aliphatic rings. The zero-order chi connectivity index (χ0) is 27.2. The highest BCUT2D eigenvalue weighted by molar-refractivity contribution is 6.06. The Balaban J connectivity index is 1.47. The SMILES string of the molecule is COc1cccnc1CNC(=O)[C@@]1(C)COc2c(oc3ccc(F)cc23)C(=O)N1CC(=O)N1CC(F)(F)C1. The van der Waals surface area contributed by atoms with Gasteiger partial charge in [0, 0.05) is 6.20 Å². The van der Waals surface area contributed by atoms with Gasteiger partial charge in [-0.25, -0.2) is 13.2 Å². The molecule has 0 aliphatic carbocycles. The van der Waals surface area contributed by atoms with E-state index in [-0.39, 0.29) is 29.0 Å². The average molecular weight is 532 g/mol. The van der Waals surface area contributed by atoms with Crippen LogP contribution in [0.5, 0.6) is 11.5 Å². The lowest BCUT2D eigenvalue weighted by Crippen LogP contribution is -2.65. The van der Waals surface area contributed by atoms with Crippen molar-refractivity contribution in [3.05, 3.63) is 53.8 Å². The third-order valence-corrected chi connectivity index (χ3v) is 6.60. The fraction of sp³-hybridized carbons (Fsp3) is 0.360. The zero-order valence-electron chi connectivity index (χ0n) is 20.4. The van der Waals surface area contributed by atoms with E-state index in [0.717, 1.165) is 21.9 Å². The molecule has 1 aromatic carbocycles. The molecule has 3 amide bonds. The number of likely N-dealkylation sites (tertiary alicyclic amines) is 1. The summed E-state index contributed by atoms with van der Waals surface area (Å²) < 4.78 is 57.5. The summed E-state index contributed by atoms with van der Waals surface area (Å²) in [5.41, 5.74) is -1.22. The van der Waals surface area contributed by atoms with E-state index in [2.05, 4.69) is 10.3 Å². The second-order valence-corrected chi connectivity index (χ2v) is 9.30. The summed E-state index contributed by atoms with van der Waals surface area (Å²) in [6.07, 6.45) is 1.51. The predicted molar refractivity (Wildman–Crippen MR) is 125 cm³/mol. The van der Waals surface area contributed by atoms with E-state index < -0.39 is 61.2 Å². The van der Waals surface area contributed by atoms with Crippen molar-refractivity contribution in [2.24, 2.45) is 0 Å². The number of hydrogen-bond acceptors (Lipinski definition) is 7. The van der Waals surface area contributed by atoms with Crippen molar-refractivity contribution in [1.29, 1.82) is 0 Å². The number of carbonyl (C=O) groups is 3. The summed E-state index contributed by atoms with van der Waals surface area (Å²) >= 11 is 0. The minimum Gasteiger partial charge on any atom is -0.495 e. The van der Waals surface area contributed by atoms with Gasteiger partial charge in [-0.15, -0.1) is 0 Å². The number of aromatic nitrogens is 1. The van der Waals surface area contributed by atoms with E-state index in [1.165, 1.54) is 26.3 Å². The molecule has 1 saturated heterocycles. The Morgan fingerprint density at radius 2 is 2.00 bits per heavy atom. The largest absolute Gasteiger partial charge is 0.495 e. The third-order valence-electron chi connectivity index (χ3n) is 6.60. The number of pyridine rings is 1. The van der Waals surface area contributed by atoms with Crippen LogP contribution in [0.3, 0.4) is 0 Å². The topological polar surface area (TPSA) is 114 Å². The first-order valence-electron chi connectivity index (χ1n) is 11.6. The summed E-state index contributed by atoms with van der Waals surface area (Å²) in [7, 11) is 1.45. The van der Waals surface area contributed by atoms with Crippen molar-refractivity contribution in [3.63, 3.8) is 0 Å². The third kappa shape index (κ3) is 4.37. The number of furan rings is 1. The van der Waals surface area contributed by atoms with Crippen LogP contribution in [-0.4, -0.2) is 77.3 Å². The monoisotopic (exact) mass is 532 g/mol. The molecule has 38 heavy (non-hydrogen) atoms. The minimum atomic E-state index is -3.01. The number of carbonyl (C=O) groups excluding carboxylic acids is 3.